The van der Waals surface area contributed by atoms with Crippen molar-refractivity contribution in [3.8, 4) is 0 Å². The van der Waals surface area contributed by atoms with E-state index in [0.717, 1.165) is 12.1 Å². The van der Waals surface area contributed by atoms with Gasteiger partial charge in [0.2, 0.25) is 0 Å². The second kappa shape index (κ2) is 4.78. The van der Waals surface area contributed by atoms with Gasteiger partial charge in [0.15, 0.2) is 5.69 Å². The van der Waals surface area contributed by atoms with E-state index in [-0.39, 0.29) is 5.91 Å². The van der Waals surface area contributed by atoms with Crippen LogP contribution in [0.3, 0.4) is 0 Å². The zero-order valence-electron chi connectivity index (χ0n) is 9.84. The lowest BCUT2D eigenvalue weighted by Crippen LogP contribution is -2.12. The van der Waals surface area contributed by atoms with E-state index in [2.05, 4.69) is 22.4 Å². The van der Waals surface area contributed by atoms with Crippen LogP contribution in [-0.4, -0.2) is 20.9 Å². The van der Waals surface area contributed by atoms with Crippen LogP contribution in [0.4, 0.5) is 5.69 Å². The molecule has 0 fully saturated rings. The highest BCUT2D eigenvalue weighted by molar-refractivity contribution is 6.02. The van der Waals surface area contributed by atoms with Gasteiger partial charge in [0.05, 0.1) is 6.20 Å². The summed E-state index contributed by atoms with van der Waals surface area (Å²) in [7, 11) is 1.67. The van der Waals surface area contributed by atoms with Gasteiger partial charge in [0, 0.05) is 12.7 Å². The second-order valence-corrected chi connectivity index (χ2v) is 3.72. The molecule has 0 saturated carbocycles. The van der Waals surface area contributed by atoms with Gasteiger partial charge in [-0.1, -0.05) is 19.1 Å². The molecule has 0 radical (unpaired) electrons. The van der Waals surface area contributed by atoms with Gasteiger partial charge < -0.3 is 5.32 Å². The van der Waals surface area contributed by atoms with E-state index >= 15 is 0 Å². The second-order valence-electron chi connectivity index (χ2n) is 3.72. The Morgan fingerprint density at radius 3 is 2.59 bits per heavy atom. The summed E-state index contributed by atoms with van der Waals surface area (Å²) in [5, 5.41) is 10.6. The van der Waals surface area contributed by atoms with Gasteiger partial charge in [-0.3, -0.25) is 4.79 Å². The molecule has 0 spiro atoms. The van der Waals surface area contributed by atoms with Gasteiger partial charge in [-0.05, 0) is 24.1 Å². The van der Waals surface area contributed by atoms with Crippen LogP contribution in [0.25, 0.3) is 0 Å². The van der Waals surface area contributed by atoms with Crippen molar-refractivity contribution < 1.29 is 4.79 Å². The molecule has 17 heavy (non-hydrogen) atoms. The van der Waals surface area contributed by atoms with Gasteiger partial charge in [-0.15, -0.1) is 5.10 Å². The van der Waals surface area contributed by atoms with Gasteiger partial charge in [-0.2, -0.15) is 9.90 Å². The minimum absolute atomic E-state index is 0.248. The fourth-order valence-electron chi connectivity index (χ4n) is 1.47. The van der Waals surface area contributed by atoms with Crippen LogP contribution in [0.15, 0.2) is 30.5 Å². The van der Waals surface area contributed by atoms with Crippen LogP contribution >= 0.6 is 0 Å². The van der Waals surface area contributed by atoms with E-state index in [0.29, 0.717) is 5.69 Å². The van der Waals surface area contributed by atoms with Crippen LogP contribution in [0.5, 0.6) is 0 Å². The highest BCUT2D eigenvalue weighted by Crippen LogP contribution is 2.10. The van der Waals surface area contributed by atoms with Crippen molar-refractivity contribution in [3.63, 3.8) is 0 Å². The van der Waals surface area contributed by atoms with Crippen molar-refractivity contribution >= 4 is 11.6 Å². The molecule has 0 aliphatic heterocycles. The Balaban J connectivity index is 2.07. The van der Waals surface area contributed by atoms with Crippen molar-refractivity contribution in [2.75, 3.05) is 5.32 Å². The van der Waals surface area contributed by atoms with Crippen LogP contribution in [0.2, 0.25) is 0 Å². The van der Waals surface area contributed by atoms with Crippen molar-refractivity contribution in [2.45, 2.75) is 13.3 Å². The highest BCUT2D eigenvalue weighted by Gasteiger charge is 2.09. The van der Waals surface area contributed by atoms with E-state index < -0.39 is 0 Å². The number of anilines is 1. The lowest BCUT2D eigenvalue weighted by molar-refractivity contribution is 0.102. The SMILES string of the molecule is CCc1ccc(NC(=O)c2cnn(C)n2)cc1. The lowest BCUT2D eigenvalue weighted by Gasteiger charge is -2.03. The first kappa shape index (κ1) is 11.3. The molecule has 0 saturated heterocycles. The van der Waals surface area contributed by atoms with E-state index in [1.165, 1.54) is 16.6 Å². The number of amides is 1. The normalized spacial score (nSPS) is 10.2. The molecular weight excluding hydrogens is 216 g/mol. The van der Waals surface area contributed by atoms with Gasteiger partial charge >= 0.3 is 0 Å². The standard InChI is InChI=1S/C12H14N4O/c1-3-9-4-6-10(7-5-9)14-12(17)11-8-13-16(2)15-11/h4-8H,3H2,1-2H3,(H,14,17). The zero-order chi connectivity index (χ0) is 12.3. The number of carbonyl (C=O) groups is 1. The van der Waals surface area contributed by atoms with E-state index in [4.69, 9.17) is 0 Å². The first-order valence-corrected chi connectivity index (χ1v) is 5.45. The summed E-state index contributed by atoms with van der Waals surface area (Å²) in [5.41, 5.74) is 2.31. The fourth-order valence-corrected chi connectivity index (χ4v) is 1.47. The topological polar surface area (TPSA) is 59.8 Å². The molecule has 1 aromatic carbocycles. The maximum atomic E-state index is 11.8. The molecule has 0 unspecified atom stereocenters. The van der Waals surface area contributed by atoms with E-state index in [1.807, 2.05) is 24.3 Å². The molecule has 0 bridgehead atoms. The molecular formula is C12H14N4O. The molecule has 0 aliphatic rings. The number of benzene rings is 1. The Bertz CT molecular complexity index is 516. The Morgan fingerprint density at radius 1 is 1.35 bits per heavy atom. The number of nitrogens with zero attached hydrogens (tertiary/aromatic N) is 3. The minimum atomic E-state index is -0.248. The van der Waals surface area contributed by atoms with Crippen LogP contribution < -0.4 is 5.32 Å². The Morgan fingerprint density at radius 2 is 2.06 bits per heavy atom. The molecule has 5 heteroatoms. The molecule has 1 amide bonds. The largest absolute Gasteiger partial charge is 0.321 e. The highest BCUT2D eigenvalue weighted by atomic mass is 16.2. The third-order valence-corrected chi connectivity index (χ3v) is 2.45. The number of aromatic nitrogens is 3. The predicted molar refractivity (Wildman–Crippen MR) is 64.8 cm³/mol. The van der Waals surface area contributed by atoms with Crippen molar-refractivity contribution in [1.82, 2.24) is 15.0 Å². The molecule has 88 valence electrons. The van der Waals surface area contributed by atoms with Gasteiger partial charge in [0.1, 0.15) is 0 Å². The molecule has 1 aromatic heterocycles. The first-order chi connectivity index (χ1) is 8.19. The minimum Gasteiger partial charge on any atom is -0.321 e. The molecule has 2 rings (SSSR count). The smallest absolute Gasteiger partial charge is 0.277 e. The number of nitrogens with one attached hydrogen (secondary N) is 1. The summed E-state index contributed by atoms with van der Waals surface area (Å²) in [6.45, 7) is 2.09. The van der Waals surface area contributed by atoms with Crippen LogP contribution in [0, 0.1) is 0 Å². The Labute approximate surface area is 99.5 Å². The lowest BCUT2D eigenvalue weighted by atomic mass is 10.1. The number of rotatable bonds is 3. The molecule has 2 aromatic rings. The first-order valence-electron chi connectivity index (χ1n) is 5.45. The summed E-state index contributed by atoms with van der Waals surface area (Å²) in [5.74, 6) is -0.248. The molecule has 5 nitrogen and oxygen atoms in total. The predicted octanol–water partition coefficient (Wildman–Crippen LogP) is 1.63. The maximum absolute atomic E-state index is 11.8. The number of aryl methyl sites for hydroxylation is 2. The summed E-state index contributed by atoms with van der Waals surface area (Å²) in [6, 6.07) is 7.75. The average molecular weight is 230 g/mol. The third-order valence-electron chi connectivity index (χ3n) is 2.45. The van der Waals surface area contributed by atoms with Crippen molar-refractivity contribution in [2.24, 2.45) is 7.05 Å². The van der Waals surface area contributed by atoms with E-state index in [9.17, 15) is 4.79 Å². The van der Waals surface area contributed by atoms with Crippen molar-refractivity contribution in [3.05, 3.63) is 41.7 Å². The molecule has 0 aliphatic carbocycles. The molecule has 1 N–H and O–H groups in total. The maximum Gasteiger partial charge on any atom is 0.277 e. The van der Waals surface area contributed by atoms with E-state index in [1.54, 1.807) is 7.05 Å². The number of carbonyl (C=O) groups excluding carboxylic acids is 1. The van der Waals surface area contributed by atoms with Crippen LogP contribution in [-0.2, 0) is 13.5 Å². The van der Waals surface area contributed by atoms with Crippen molar-refractivity contribution in [1.29, 1.82) is 0 Å². The number of hydrogen-bond acceptors (Lipinski definition) is 3. The van der Waals surface area contributed by atoms with Gasteiger partial charge in [-0.25, -0.2) is 0 Å². The summed E-state index contributed by atoms with van der Waals surface area (Å²) in [4.78, 5) is 13.1. The fraction of sp³-hybridized carbons (Fsp3) is 0.250. The summed E-state index contributed by atoms with van der Waals surface area (Å²) in [6.07, 6.45) is 2.42. The third kappa shape index (κ3) is 2.69. The van der Waals surface area contributed by atoms with Crippen LogP contribution in [0.1, 0.15) is 23.0 Å². The summed E-state index contributed by atoms with van der Waals surface area (Å²) < 4.78 is 0. The van der Waals surface area contributed by atoms with Gasteiger partial charge in [0.25, 0.3) is 5.91 Å². The number of hydrogen-bond donors (Lipinski definition) is 1. The summed E-state index contributed by atoms with van der Waals surface area (Å²) >= 11 is 0. The molecule has 0 atom stereocenters. The Hall–Kier alpha value is -2.17. The Kier molecular flexibility index (Phi) is 3.18. The average Bonchev–Trinajstić information content (AvgIpc) is 2.77. The quantitative estimate of drug-likeness (QED) is 0.871. The zero-order valence-corrected chi connectivity index (χ0v) is 9.84. The monoisotopic (exact) mass is 230 g/mol. The molecule has 1 heterocycles.